The summed E-state index contributed by atoms with van der Waals surface area (Å²) >= 11 is 5.55. The first kappa shape index (κ1) is 14.2. The topological polar surface area (TPSA) is 40.6 Å². The molecule has 1 saturated heterocycles. The van der Waals surface area contributed by atoms with Gasteiger partial charge in [0.15, 0.2) is 0 Å². The van der Waals surface area contributed by atoms with E-state index in [0.717, 1.165) is 19.5 Å². The molecule has 1 rings (SSSR count). The maximum absolute atomic E-state index is 12.1. The Balaban J connectivity index is 2.69. The lowest BCUT2D eigenvalue weighted by atomic mass is 10.3. The molecule has 0 bridgehead atoms. The Morgan fingerprint density at radius 3 is 2.69 bits per heavy atom. The van der Waals surface area contributed by atoms with E-state index < -0.39 is 10.0 Å². The van der Waals surface area contributed by atoms with Crippen LogP contribution in [0.15, 0.2) is 0 Å². The van der Waals surface area contributed by atoms with E-state index in [2.05, 4.69) is 4.90 Å². The maximum atomic E-state index is 12.1. The molecule has 1 fully saturated rings. The predicted octanol–water partition coefficient (Wildman–Crippen LogP) is 0.971. The number of hydrogen-bond acceptors (Lipinski definition) is 3. The molecule has 1 heterocycles. The standard InChI is InChI=1S/C10H21ClN2O2S/c1-10-9-12(2)6-4-7-13(10)16(14,15)8-3-5-11/h10H,3-9H2,1-2H3. The van der Waals surface area contributed by atoms with Crippen molar-refractivity contribution in [3.8, 4) is 0 Å². The van der Waals surface area contributed by atoms with Gasteiger partial charge in [0, 0.05) is 25.0 Å². The Hall–Kier alpha value is 0.160. The van der Waals surface area contributed by atoms with Crippen LogP contribution in [0.4, 0.5) is 0 Å². The second-order valence-corrected chi connectivity index (χ2v) is 6.85. The lowest BCUT2D eigenvalue weighted by Gasteiger charge is -2.27. The summed E-state index contributed by atoms with van der Waals surface area (Å²) < 4.78 is 25.8. The van der Waals surface area contributed by atoms with Gasteiger partial charge in [-0.1, -0.05) is 0 Å². The average Bonchev–Trinajstić information content (AvgIpc) is 2.36. The zero-order chi connectivity index (χ0) is 12.2. The van der Waals surface area contributed by atoms with E-state index in [4.69, 9.17) is 11.6 Å². The van der Waals surface area contributed by atoms with Crippen LogP contribution >= 0.6 is 11.6 Å². The maximum Gasteiger partial charge on any atom is 0.214 e. The minimum absolute atomic E-state index is 0.0628. The van der Waals surface area contributed by atoms with Gasteiger partial charge in [-0.05, 0) is 33.4 Å². The normalized spacial score (nSPS) is 25.6. The molecule has 1 atom stereocenters. The van der Waals surface area contributed by atoms with Crippen LogP contribution in [-0.4, -0.2) is 62.0 Å². The van der Waals surface area contributed by atoms with Crippen LogP contribution in [0, 0.1) is 0 Å². The van der Waals surface area contributed by atoms with Crippen molar-refractivity contribution in [3.05, 3.63) is 0 Å². The molecule has 0 aromatic rings. The van der Waals surface area contributed by atoms with Gasteiger partial charge >= 0.3 is 0 Å². The minimum atomic E-state index is -3.12. The van der Waals surface area contributed by atoms with Crippen molar-refractivity contribution in [2.45, 2.75) is 25.8 Å². The van der Waals surface area contributed by atoms with E-state index in [1.54, 1.807) is 4.31 Å². The van der Waals surface area contributed by atoms with Gasteiger partial charge in [0.05, 0.1) is 5.75 Å². The quantitative estimate of drug-likeness (QED) is 0.714. The monoisotopic (exact) mass is 268 g/mol. The Morgan fingerprint density at radius 2 is 2.06 bits per heavy atom. The van der Waals surface area contributed by atoms with Crippen molar-refractivity contribution in [1.29, 1.82) is 0 Å². The third-order valence-corrected chi connectivity index (χ3v) is 5.21. The van der Waals surface area contributed by atoms with Crippen LogP contribution in [0.25, 0.3) is 0 Å². The molecule has 0 spiro atoms. The largest absolute Gasteiger partial charge is 0.305 e. The third kappa shape index (κ3) is 3.87. The van der Waals surface area contributed by atoms with Crippen LogP contribution in [0.3, 0.4) is 0 Å². The van der Waals surface area contributed by atoms with Gasteiger partial charge in [0.2, 0.25) is 10.0 Å². The van der Waals surface area contributed by atoms with Crippen LogP contribution in [-0.2, 0) is 10.0 Å². The molecular weight excluding hydrogens is 248 g/mol. The number of nitrogens with zero attached hydrogens (tertiary/aromatic N) is 2. The Morgan fingerprint density at radius 1 is 1.38 bits per heavy atom. The van der Waals surface area contributed by atoms with Gasteiger partial charge in [-0.15, -0.1) is 11.6 Å². The predicted molar refractivity (Wildman–Crippen MR) is 67.4 cm³/mol. The van der Waals surface area contributed by atoms with Gasteiger partial charge in [0.25, 0.3) is 0 Å². The number of halogens is 1. The van der Waals surface area contributed by atoms with Crippen molar-refractivity contribution in [2.75, 3.05) is 38.3 Å². The van der Waals surface area contributed by atoms with Crippen LogP contribution < -0.4 is 0 Å². The van der Waals surface area contributed by atoms with Gasteiger partial charge < -0.3 is 4.90 Å². The molecule has 1 aliphatic heterocycles. The van der Waals surface area contributed by atoms with Crippen molar-refractivity contribution in [3.63, 3.8) is 0 Å². The second-order valence-electron chi connectivity index (χ2n) is 4.43. The van der Waals surface area contributed by atoms with Crippen LogP contribution in [0.5, 0.6) is 0 Å². The van der Waals surface area contributed by atoms with E-state index in [1.807, 2.05) is 14.0 Å². The molecule has 0 radical (unpaired) electrons. The number of rotatable bonds is 4. The summed E-state index contributed by atoms with van der Waals surface area (Å²) in [5, 5.41) is 0. The minimum Gasteiger partial charge on any atom is -0.305 e. The second kappa shape index (κ2) is 6.19. The van der Waals surface area contributed by atoms with Crippen molar-refractivity contribution in [2.24, 2.45) is 0 Å². The Bertz CT molecular complexity index is 308. The molecule has 16 heavy (non-hydrogen) atoms. The molecule has 0 aromatic carbocycles. The molecule has 0 aromatic heterocycles. The lowest BCUT2D eigenvalue weighted by Crippen LogP contribution is -2.43. The summed E-state index contributed by atoms with van der Waals surface area (Å²) in [5.74, 6) is 0.575. The molecule has 0 aliphatic carbocycles. The first-order chi connectivity index (χ1) is 7.47. The summed E-state index contributed by atoms with van der Waals surface area (Å²) in [6, 6.07) is 0.0628. The summed E-state index contributed by atoms with van der Waals surface area (Å²) in [7, 11) is -1.09. The highest BCUT2D eigenvalue weighted by atomic mass is 35.5. The van der Waals surface area contributed by atoms with Gasteiger partial charge in [-0.2, -0.15) is 4.31 Å². The van der Waals surface area contributed by atoms with E-state index in [1.165, 1.54) is 0 Å². The van der Waals surface area contributed by atoms with Crippen LogP contribution in [0.2, 0.25) is 0 Å². The van der Waals surface area contributed by atoms with E-state index in [9.17, 15) is 8.42 Å². The summed E-state index contributed by atoms with van der Waals surface area (Å²) in [5.41, 5.74) is 0. The number of likely N-dealkylation sites (N-methyl/N-ethyl adjacent to an activating group) is 1. The molecule has 0 saturated carbocycles. The highest BCUT2D eigenvalue weighted by molar-refractivity contribution is 7.89. The first-order valence-corrected chi connectivity index (χ1v) is 7.86. The van der Waals surface area contributed by atoms with Gasteiger partial charge in [-0.25, -0.2) is 8.42 Å². The first-order valence-electron chi connectivity index (χ1n) is 5.71. The lowest BCUT2D eigenvalue weighted by molar-refractivity contribution is 0.290. The molecule has 1 unspecified atom stereocenters. The molecule has 0 amide bonds. The van der Waals surface area contributed by atoms with E-state index in [0.29, 0.717) is 18.8 Å². The van der Waals surface area contributed by atoms with Crippen molar-refractivity contribution in [1.82, 2.24) is 9.21 Å². The number of sulfonamides is 1. The average molecular weight is 269 g/mol. The van der Waals surface area contributed by atoms with E-state index >= 15 is 0 Å². The zero-order valence-corrected chi connectivity index (χ0v) is 11.6. The zero-order valence-electron chi connectivity index (χ0n) is 10.0. The fraction of sp³-hybridized carbons (Fsp3) is 1.00. The fourth-order valence-corrected chi connectivity index (χ4v) is 4.18. The molecule has 6 heteroatoms. The van der Waals surface area contributed by atoms with Crippen molar-refractivity contribution >= 4 is 21.6 Å². The summed E-state index contributed by atoms with van der Waals surface area (Å²) in [6.07, 6.45) is 1.43. The Kier molecular flexibility index (Phi) is 5.50. The third-order valence-electron chi connectivity index (χ3n) is 2.88. The van der Waals surface area contributed by atoms with E-state index in [-0.39, 0.29) is 11.8 Å². The number of alkyl halides is 1. The summed E-state index contributed by atoms with van der Waals surface area (Å²) in [4.78, 5) is 2.18. The fourth-order valence-electron chi connectivity index (χ4n) is 2.12. The highest BCUT2D eigenvalue weighted by Crippen LogP contribution is 2.14. The van der Waals surface area contributed by atoms with Gasteiger partial charge in [0.1, 0.15) is 0 Å². The molecule has 1 aliphatic rings. The highest BCUT2D eigenvalue weighted by Gasteiger charge is 2.29. The molecule has 96 valence electrons. The molecular formula is C10H21ClN2O2S. The SMILES string of the molecule is CC1CN(C)CCCN1S(=O)(=O)CCCCl. The smallest absolute Gasteiger partial charge is 0.214 e. The van der Waals surface area contributed by atoms with Crippen molar-refractivity contribution < 1.29 is 8.42 Å². The molecule has 0 N–H and O–H groups in total. The summed E-state index contributed by atoms with van der Waals surface area (Å²) in [6.45, 7) is 4.38. The molecule has 4 nitrogen and oxygen atoms in total. The Labute approximate surface area is 104 Å². The van der Waals surface area contributed by atoms with Crippen LogP contribution in [0.1, 0.15) is 19.8 Å². The number of hydrogen-bond donors (Lipinski definition) is 0. The van der Waals surface area contributed by atoms with Gasteiger partial charge in [-0.3, -0.25) is 0 Å².